The lowest BCUT2D eigenvalue weighted by Crippen LogP contribution is -2.34. The number of halogens is 1. The van der Waals surface area contributed by atoms with Crippen LogP contribution in [-0.2, 0) is 10.0 Å². The van der Waals surface area contributed by atoms with Crippen LogP contribution in [0.2, 0.25) is 0 Å². The standard InChI is InChI=1S/C11H24ClNO2S/c1-3-4-5-8-11(2)13-16(14,15)10-7-6-9-12/h11,13H,3-10H2,1-2H3. The van der Waals surface area contributed by atoms with Gasteiger partial charge >= 0.3 is 0 Å². The maximum Gasteiger partial charge on any atom is 0.211 e. The molecule has 0 aromatic carbocycles. The minimum atomic E-state index is -3.10. The first-order valence-electron chi connectivity index (χ1n) is 6.07. The van der Waals surface area contributed by atoms with Crippen molar-refractivity contribution in [1.29, 1.82) is 0 Å². The van der Waals surface area contributed by atoms with E-state index in [1.165, 1.54) is 0 Å². The van der Waals surface area contributed by atoms with Crippen molar-refractivity contribution in [2.75, 3.05) is 11.6 Å². The summed E-state index contributed by atoms with van der Waals surface area (Å²) in [6, 6.07) is 0.0487. The molecule has 16 heavy (non-hydrogen) atoms. The molecule has 0 aliphatic heterocycles. The summed E-state index contributed by atoms with van der Waals surface area (Å²) in [5, 5.41) is 0. The Morgan fingerprint density at radius 3 is 2.44 bits per heavy atom. The molecule has 0 fully saturated rings. The van der Waals surface area contributed by atoms with E-state index in [9.17, 15) is 8.42 Å². The highest BCUT2D eigenvalue weighted by molar-refractivity contribution is 7.89. The number of sulfonamides is 1. The number of hydrogen-bond donors (Lipinski definition) is 1. The molecule has 0 amide bonds. The predicted molar refractivity (Wildman–Crippen MR) is 70.5 cm³/mol. The highest BCUT2D eigenvalue weighted by atomic mass is 35.5. The van der Waals surface area contributed by atoms with Crippen molar-refractivity contribution in [3.8, 4) is 0 Å². The fraction of sp³-hybridized carbons (Fsp3) is 1.00. The monoisotopic (exact) mass is 269 g/mol. The zero-order valence-electron chi connectivity index (χ0n) is 10.3. The summed E-state index contributed by atoms with van der Waals surface area (Å²) >= 11 is 5.51. The van der Waals surface area contributed by atoms with Crippen molar-refractivity contribution in [3.63, 3.8) is 0 Å². The second-order valence-electron chi connectivity index (χ2n) is 4.23. The van der Waals surface area contributed by atoms with Gasteiger partial charge in [0.1, 0.15) is 0 Å². The zero-order valence-corrected chi connectivity index (χ0v) is 11.9. The summed E-state index contributed by atoms with van der Waals surface area (Å²) in [6.07, 6.45) is 5.73. The van der Waals surface area contributed by atoms with E-state index in [4.69, 9.17) is 11.6 Å². The molecule has 0 aromatic heterocycles. The third kappa shape index (κ3) is 9.43. The minimum absolute atomic E-state index is 0.0487. The van der Waals surface area contributed by atoms with Gasteiger partial charge in [0, 0.05) is 11.9 Å². The topological polar surface area (TPSA) is 46.2 Å². The van der Waals surface area contributed by atoms with Gasteiger partial charge in [-0.05, 0) is 26.2 Å². The van der Waals surface area contributed by atoms with Crippen LogP contribution >= 0.6 is 11.6 Å². The molecular formula is C11H24ClNO2S. The van der Waals surface area contributed by atoms with Crippen LogP contribution in [0.5, 0.6) is 0 Å². The van der Waals surface area contributed by atoms with Crippen molar-refractivity contribution in [1.82, 2.24) is 4.72 Å². The summed E-state index contributed by atoms with van der Waals surface area (Å²) in [4.78, 5) is 0. The maximum atomic E-state index is 11.6. The molecule has 0 aromatic rings. The molecule has 5 heteroatoms. The van der Waals surface area contributed by atoms with Crippen LogP contribution < -0.4 is 4.72 Å². The molecule has 0 aliphatic carbocycles. The Kier molecular flexibility index (Phi) is 9.37. The van der Waals surface area contributed by atoms with Gasteiger partial charge in [0.15, 0.2) is 0 Å². The van der Waals surface area contributed by atoms with Gasteiger partial charge in [-0.15, -0.1) is 11.6 Å². The quantitative estimate of drug-likeness (QED) is 0.490. The second-order valence-corrected chi connectivity index (χ2v) is 6.48. The van der Waals surface area contributed by atoms with Gasteiger partial charge in [-0.3, -0.25) is 0 Å². The molecule has 0 spiro atoms. The first kappa shape index (κ1) is 16.2. The maximum absolute atomic E-state index is 11.6. The molecular weight excluding hydrogens is 246 g/mol. The number of hydrogen-bond acceptors (Lipinski definition) is 2. The van der Waals surface area contributed by atoms with Gasteiger partial charge in [0.25, 0.3) is 0 Å². The van der Waals surface area contributed by atoms with Gasteiger partial charge in [-0.2, -0.15) is 0 Å². The van der Waals surface area contributed by atoms with Gasteiger partial charge < -0.3 is 0 Å². The Morgan fingerprint density at radius 1 is 1.19 bits per heavy atom. The third-order valence-electron chi connectivity index (χ3n) is 2.42. The van der Waals surface area contributed by atoms with E-state index in [2.05, 4.69) is 11.6 Å². The molecule has 0 saturated carbocycles. The average Bonchev–Trinajstić information content (AvgIpc) is 2.17. The van der Waals surface area contributed by atoms with Crippen molar-refractivity contribution in [2.24, 2.45) is 0 Å². The molecule has 0 rings (SSSR count). The largest absolute Gasteiger partial charge is 0.212 e. The molecule has 0 heterocycles. The average molecular weight is 270 g/mol. The van der Waals surface area contributed by atoms with Gasteiger partial charge in [-0.1, -0.05) is 26.2 Å². The van der Waals surface area contributed by atoms with Crippen LogP contribution in [0.25, 0.3) is 0 Å². The Balaban J connectivity index is 3.77. The smallest absolute Gasteiger partial charge is 0.211 e. The number of nitrogens with one attached hydrogen (secondary N) is 1. The highest BCUT2D eigenvalue weighted by Crippen LogP contribution is 2.05. The normalized spacial score (nSPS) is 13.9. The summed E-state index contributed by atoms with van der Waals surface area (Å²) in [5.74, 6) is 0.722. The fourth-order valence-electron chi connectivity index (χ4n) is 1.51. The van der Waals surface area contributed by atoms with Crippen LogP contribution in [0.3, 0.4) is 0 Å². The van der Waals surface area contributed by atoms with Crippen LogP contribution in [0.4, 0.5) is 0 Å². The summed E-state index contributed by atoms with van der Waals surface area (Å²) < 4.78 is 25.9. The third-order valence-corrected chi connectivity index (χ3v) is 4.27. The lowest BCUT2D eigenvalue weighted by molar-refractivity contribution is 0.526. The SMILES string of the molecule is CCCCCC(C)NS(=O)(=O)CCCCCl. The minimum Gasteiger partial charge on any atom is -0.212 e. The van der Waals surface area contributed by atoms with E-state index in [0.717, 1.165) is 32.1 Å². The first-order chi connectivity index (χ1) is 7.52. The lowest BCUT2D eigenvalue weighted by atomic mass is 10.1. The molecule has 0 saturated heterocycles. The number of rotatable bonds is 10. The van der Waals surface area contributed by atoms with Gasteiger partial charge in [-0.25, -0.2) is 13.1 Å². The van der Waals surface area contributed by atoms with Crippen LogP contribution in [0.15, 0.2) is 0 Å². The molecule has 98 valence electrons. The number of alkyl halides is 1. The van der Waals surface area contributed by atoms with E-state index in [1.54, 1.807) is 0 Å². The van der Waals surface area contributed by atoms with Gasteiger partial charge in [0.2, 0.25) is 10.0 Å². The summed E-state index contributed by atoms with van der Waals surface area (Å²) in [6.45, 7) is 4.07. The number of unbranched alkanes of at least 4 members (excludes halogenated alkanes) is 3. The molecule has 0 bridgehead atoms. The summed E-state index contributed by atoms with van der Waals surface area (Å²) in [7, 11) is -3.10. The van der Waals surface area contributed by atoms with E-state index in [-0.39, 0.29) is 11.8 Å². The molecule has 1 atom stereocenters. The van der Waals surface area contributed by atoms with Crippen molar-refractivity contribution in [2.45, 2.75) is 58.4 Å². The highest BCUT2D eigenvalue weighted by Gasteiger charge is 2.13. The van der Waals surface area contributed by atoms with E-state index < -0.39 is 10.0 Å². The molecule has 3 nitrogen and oxygen atoms in total. The molecule has 1 unspecified atom stereocenters. The van der Waals surface area contributed by atoms with E-state index in [0.29, 0.717) is 12.3 Å². The van der Waals surface area contributed by atoms with Crippen LogP contribution in [0.1, 0.15) is 52.4 Å². The zero-order chi connectivity index (χ0) is 12.4. The van der Waals surface area contributed by atoms with Crippen molar-refractivity contribution in [3.05, 3.63) is 0 Å². The Labute approximate surface area is 105 Å². The lowest BCUT2D eigenvalue weighted by Gasteiger charge is -2.13. The summed E-state index contributed by atoms with van der Waals surface area (Å²) in [5.41, 5.74) is 0. The first-order valence-corrected chi connectivity index (χ1v) is 8.26. The Morgan fingerprint density at radius 2 is 1.88 bits per heavy atom. The Bertz CT molecular complexity index is 255. The molecule has 0 radical (unpaired) electrons. The van der Waals surface area contributed by atoms with Crippen molar-refractivity contribution >= 4 is 21.6 Å². The van der Waals surface area contributed by atoms with E-state index >= 15 is 0 Å². The predicted octanol–water partition coefficient (Wildman–Crippen LogP) is 2.89. The fourth-order valence-corrected chi connectivity index (χ4v) is 3.13. The molecule has 0 aliphatic rings. The Hall–Kier alpha value is 0.200. The molecule has 1 N–H and O–H groups in total. The van der Waals surface area contributed by atoms with Crippen LogP contribution in [-0.4, -0.2) is 26.1 Å². The van der Waals surface area contributed by atoms with Crippen molar-refractivity contribution < 1.29 is 8.42 Å². The van der Waals surface area contributed by atoms with Crippen LogP contribution in [0, 0.1) is 0 Å². The van der Waals surface area contributed by atoms with Gasteiger partial charge in [0.05, 0.1) is 5.75 Å². The second kappa shape index (κ2) is 9.25. The van der Waals surface area contributed by atoms with E-state index in [1.807, 2.05) is 6.92 Å².